The van der Waals surface area contributed by atoms with Crippen LogP contribution in [0.4, 0.5) is 0 Å². The summed E-state index contributed by atoms with van der Waals surface area (Å²) in [5.74, 6) is 0.801. The molecule has 0 heterocycles. The van der Waals surface area contributed by atoms with Crippen molar-refractivity contribution in [2.75, 3.05) is 20.3 Å². The standard InChI is InChI=1S/C19H23NO3/c1-15-5-3-6-18(13-15)23-12-4-11-20-19(21)17-9-7-16(8-10-17)14-22-2/h3,5-10,13H,4,11-12,14H2,1-2H3,(H,20,21). The van der Waals surface area contributed by atoms with Crippen LogP contribution in [0, 0.1) is 6.92 Å². The zero-order chi connectivity index (χ0) is 16.5. The number of aryl methyl sites for hydroxylation is 1. The van der Waals surface area contributed by atoms with Crippen molar-refractivity contribution in [3.8, 4) is 5.75 Å². The number of carbonyl (C=O) groups is 1. The molecule has 0 spiro atoms. The first kappa shape index (κ1) is 17.0. The van der Waals surface area contributed by atoms with Crippen LogP contribution in [0.1, 0.15) is 27.9 Å². The number of rotatable bonds is 8. The first-order valence-electron chi connectivity index (χ1n) is 7.74. The third-order valence-corrected chi connectivity index (χ3v) is 3.39. The Balaban J connectivity index is 1.68. The normalized spacial score (nSPS) is 10.3. The number of carbonyl (C=O) groups excluding carboxylic acids is 1. The molecule has 23 heavy (non-hydrogen) atoms. The van der Waals surface area contributed by atoms with E-state index in [2.05, 4.69) is 5.32 Å². The number of hydrogen-bond donors (Lipinski definition) is 1. The fraction of sp³-hybridized carbons (Fsp3) is 0.316. The van der Waals surface area contributed by atoms with Crippen LogP contribution in [-0.2, 0) is 11.3 Å². The molecule has 0 aliphatic heterocycles. The second-order valence-electron chi connectivity index (χ2n) is 5.40. The predicted molar refractivity (Wildman–Crippen MR) is 90.8 cm³/mol. The highest BCUT2D eigenvalue weighted by Gasteiger charge is 2.04. The number of amides is 1. The van der Waals surface area contributed by atoms with Gasteiger partial charge in [0.25, 0.3) is 5.91 Å². The van der Waals surface area contributed by atoms with Crippen molar-refractivity contribution in [1.29, 1.82) is 0 Å². The second-order valence-corrected chi connectivity index (χ2v) is 5.40. The van der Waals surface area contributed by atoms with Crippen LogP contribution in [0.15, 0.2) is 48.5 Å². The summed E-state index contributed by atoms with van der Waals surface area (Å²) in [6.45, 7) is 3.75. The van der Waals surface area contributed by atoms with Gasteiger partial charge in [0, 0.05) is 19.2 Å². The van der Waals surface area contributed by atoms with Gasteiger partial charge in [-0.15, -0.1) is 0 Å². The molecule has 1 N–H and O–H groups in total. The smallest absolute Gasteiger partial charge is 0.251 e. The molecular formula is C19H23NO3. The summed E-state index contributed by atoms with van der Waals surface area (Å²) >= 11 is 0. The predicted octanol–water partition coefficient (Wildman–Crippen LogP) is 3.34. The van der Waals surface area contributed by atoms with Gasteiger partial charge in [0.05, 0.1) is 13.2 Å². The molecule has 1 amide bonds. The molecule has 4 heteroatoms. The number of nitrogens with one attached hydrogen (secondary N) is 1. The number of hydrogen-bond acceptors (Lipinski definition) is 3. The van der Waals surface area contributed by atoms with Gasteiger partial charge in [-0.25, -0.2) is 0 Å². The van der Waals surface area contributed by atoms with Crippen LogP contribution in [0.25, 0.3) is 0 Å². The molecule has 2 rings (SSSR count). The highest BCUT2D eigenvalue weighted by Crippen LogP contribution is 2.12. The van der Waals surface area contributed by atoms with Crippen LogP contribution >= 0.6 is 0 Å². The van der Waals surface area contributed by atoms with Crippen LogP contribution in [0.2, 0.25) is 0 Å². The Hall–Kier alpha value is -2.33. The van der Waals surface area contributed by atoms with E-state index in [0.717, 1.165) is 17.7 Å². The molecule has 0 fully saturated rings. The Kier molecular flexibility index (Phi) is 6.63. The van der Waals surface area contributed by atoms with Crippen molar-refractivity contribution in [3.05, 3.63) is 65.2 Å². The van der Waals surface area contributed by atoms with Gasteiger partial charge in [-0.3, -0.25) is 4.79 Å². The van der Waals surface area contributed by atoms with Crippen molar-refractivity contribution in [2.24, 2.45) is 0 Å². The minimum Gasteiger partial charge on any atom is -0.494 e. The van der Waals surface area contributed by atoms with E-state index in [1.165, 1.54) is 5.56 Å². The van der Waals surface area contributed by atoms with Gasteiger partial charge >= 0.3 is 0 Å². The van der Waals surface area contributed by atoms with E-state index in [9.17, 15) is 4.79 Å². The third kappa shape index (κ3) is 5.75. The van der Waals surface area contributed by atoms with E-state index in [1.807, 2.05) is 55.5 Å². The van der Waals surface area contributed by atoms with E-state index < -0.39 is 0 Å². The maximum atomic E-state index is 12.0. The molecule has 2 aromatic carbocycles. The molecule has 0 aliphatic carbocycles. The summed E-state index contributed by atoms with van der Waals surface area (Å²) in [6.07, 6.45) is 0.765. The highest BCUT2D eigenvalue weighted by atomic mass is 16.5. The van der Waals surface area contributed by atoms with Crippen LogP contribution < -0.4 is 10.1 Å². The first-order chi connectivity index (χ1) is 11.2. The Morgan fingerprint density at radius 2 is 1.91 bits per heavy atom. The molecule has 0 bridgehead atoms. The van der Waals surface area contributed by atoms with Crippen molar-refractivity contribution in [2.45, 2.75) is 20.0 Å². The Morgan fingerprint density at radius 3 is 2.61 bits per heavy atom. The number of ether oxygens (including phenoxy) is 2. The van der Waals surface area contributed by atoms with Crippen LogP contribution in [0.3, 0.4) is 0 Å². The highest BCUT2D eigenvalue weighted by molar-refractivity contribution is 5.94. The Morgan fingerprint density at radius 1 is 1.13 bits per heavy atom. The van der Waals surface area contributed by atoms with Gasteiger partial charge in [0.15, 0.2) is 0 Å². The first-order valence-corrected chi connectivity index (χ1v) is 7.74. The molecule has 4 nitrogen and oxygen atoms in total. The quantitative estimate of drug-likeness (QED) is 0.760. The monoisotopic (exact) mass is 313 g/mol. The molecule has 122 valence electrons. The summed E-state index contributed by atoms with van der Waals surface area (Å²) < 4.78 is 10.7. The summed E-state index contributed by atoms with van der Waals surface area (Å²) in [5, 5.41) is 2.90. The van der Waals surface area contributed by atoms with Crippen molar-refractivity contribution < 1.29 is 14.3 Å². The second kappa shape index (κ2) is 8.96. The van der Waals surface area contributed by atoms with Gasteiger partial charge in [0.2, 0.25) is 0 Å². The molecule has 0 aliphatic rings. The lowest BCUT2D eigenvalue weighted by Gasteiger charge is -2.08. The molecule has 0 unspecified atom stereocenters. The Bertz CT molecular complexity index is 623. The number of benzene rings is 2. The molecular weight excluding hydrogens is 290 g/mol. The van der Waals surface area contributed by atoms with Crippen molar-refractivity contribution in [3.63, 3.8) is 0 Å². The largest absolute Gasteiger partial charge is 0.494 e. The molecule has 2 aromatic rings. The van der Waals surface area contributed by atoms with Crippen LogP contribution in [-0.4, -0.2) is 26.2 Å². The van der Waals surface area contributed by atoms with E-state index in [-0.39, 0.29) is 5.91 Å². The van der Waals surface area contributed by atoms with E-state index in [0.29, 0.717) is 25.3 Å². The van der Waals surface area contributed by atoms with Gasteiger partial charge < -0.3 is 14.8 Å². The fourth-order valence-electron chi connectivity index (χ4n) is 2.19. The lowest BCUT2D eigenvalue weighted by Crippen LogP contribution is -2.25. The summed E-state index contributed by atoms with van der Waals surface area (Å²) in [7, 11) is 1.65. The zero-order valence-corrected chi connectivity index (χ0v) is 13.7. The topological polar surface area (TPSA) is 47.6 Å². The van der Waals surface area contributed by atoms with Gasteiger partial charge in [-0.1, -0.05) is 24.3 Å². The SMILES string of the molecule is COCc1ccc(C(=O)NCCCOc2cccc(C)c2)cc1. The fourth-order valence-corrected chi connectivity index (χ4v) is 2.19. The summed E-state index contributed by atoms with van der Waals surface area (Å²) in [4.78, 5) is 12.0. The average Bonchev–Trinajstić information content (AvgIpc) is 2.55. The minimum absolute atomic E-state index is 0.0653. The zero-order valence-electron chi connectivity index (χ0n) is 13.7. The Labute approximate surface area is 137 Å². The lowest BCUT2D eigenvalue weighted by molar-refractivity contribution is 0.0951. The van der Waals surface area contributed by atoms with Crippen molar-refractivity contribution in [1.82, 2.24) is 5.32 Å². The maximum absolute atomic E-state index is 12.0. The molecule has 0 radical (unpaired) electrons. The molecule has 0 aromatic heterocycles. The van der Waals surface area contributed by atoms with E-state index in [4.69, 9.17) is 9.47 Å². The van der Waals surface area contributed by atoms with E-state index in [1.54, 1.807) is 7.11 Å². The summed E-state index contributed by atoms with van der Waals surface area (Å²) in [6, 6.07) is 15.4. The van der Waals surface area contributed by atoms with Crippen molar-refractivity contribution >= 4 is 5.91 Å². The molecule has 0 saturated carbocycles. The molecule has 0 atom stereocenters. The van der Waals surface area contributed by atoms with Gasteiger partial charge in [-0.2, -0.15) is 0 Å². The van der Waals surface area contributed by atoms with Gasteiger partial charge in [-0.05, 0) is 48.7 Å². The molecule has 0 saturated heterocycles. The van der Waals surface area contributed by atoms with E-state index >= 15 is 0 Å². The third-order valence-electron chi connectivity index (χ3n) is 3.39. The summed E-state index contributed by atoms with van der Waals surface area (Å²) in [5.41, 5.74) is 2.88. The maximum Gasteiger partial charge on any atom is 0.251 e. The van der Waals surface area contributed by atoms with Gasteiger partial charge in [0.1, 0.15) is 5.75 Å². The average molecular weight is 313 g/mol. The minimum atomic E-state index is -0.0653. The van der Waals surface area contributed by atoms with Crippen LogP contribution in [0.5, 0.6) is 5.75 Å². The number of methoxy groups -OCH3 is 1. The lowest BCUT2D eigenvalue weighted by atomic mass is 10.1.